The Morgan fingerprint density at radius 2 is 1.93 bits per heavy atom. The minimum Gasteiger partial charge on any atom is -0.457 e. The number of esters is 1. The maximum atomic E-state index is 13.0. The molecule has 1 aromatic heterocycles. The van der Waals surface area contributed by atoms with Gasteiger partial charge in [-0.1, -0.05) is 69.6 Å². The number of nitrogens with zero attached hydrogens (tertiary/aromatic N) is 4. The van der Waals surface area contributed by atoms with Crippen molar-refractivity contribution in [3.63, 3.8) is 0 Å². The Labute approximate surface area is 164 Å². The second-order valence-electron chi connectivity index (χ2n) is 6.10. The van der Waals surface area contributed by atoms with Crippen LogP contribution in [0.25, 0.3) is 0 Å². The van der Waals surface area contributed by atoms with Crippen molar-refractivity contribution in [2.24, 2.45) is 0 Å². The van der Waals surface area contributed by atoms with Gasteiger partial charge in [0.15, 0.2) is 0 Å². The van der Waals surface area contributed by atoms with Crippen LogP contribution < -0.4 is 5.32 Å². The number of carbonyl (C=O) groups is 1. The number of allylic oxidation sites excluding steroid dienone is 1. The smallest absolute Gasteiger partial charge is 0.338 e. The monoisotopic (exact) mass is 425 g/mol. The maximum Gasteiger partial charge on any atom is 0.338 e. The van der Waals surface area contributed by atoms with E-state index in [0.717, 1.165) is 15.6 Å². The third-order valence-electron chi connectivity index (χ3n) is 4.35. The Bertz CT molecular complexity index is 1020. The fraction of sp³-hybridized carbons (Fsp3) is 0.158. The predicted octanol–water partition coefficient (Wildman–Crippen LogP) is 3.47. The number of aromatic nitrogens is 4. The molecule has 1 unspecified atom stereocenters. The van der Waals surface area contributed by atoms with E-state index in [1.807, 2.05) is 61.5 Å². The zero-order valence-electron chi connectivity index (χ0n) is 14.5. The third kappa shape index (κ3) is 3.35. The first-order chi connectivity index (χ1) is 13.1. The molecule has 1 N–H and O–H groups in total. The molecule has 1 aliphatic heterocycles. The molecule has 136 valence electrons. The van der Waals surface area contributed by atoms with Gasteiger partial charge in [0.25, 0.3) is 0 Å². The van der Waals surface area contributed by atoms with Gasteiger partial charge in [-0.15, -0.1) is 0 Å². The summed E-state index contributed by atoms with van der Waals surface area (Å²) in [5.74, 6) is 0.0682. The molecule has 0 fully saturated rings. The molecule has 0 bridgehead atoms. The van der Waals surface area contributed by atoms with Crippen LogP contribution in [0.5, 0.6) is 0 Å². The first-order valence-corrected chi connectivity index (χ1v) is 9.15. The van der Waals surface area contributed by atoms with Crippen LogP contribution in [0.2, 0.25) is 0 Å². The SMILES string of the molecule is CC1=C(C(=O)OCc2ccccc2)C(c2ccccc2Br)n2nnnc2N1. The molecule has 1 atom stereocenters. The predicted molar refractivity (Wildman–Crippen MR) is 103 cm³/mol. The summed E-state index contributed by atoms with van der Waals surface area (Å²) < 4.78 is 8.04. The zero-order valence-corrected chi connectivity index (χ0v) is 16.0. The van der Waals surface area contributed by atoms with Crippen LogP contribution >= 0.6 is 15.9 Å². The summed E-state index contributed by atoms with van der Waals surface area (Å²) in [4.78, 5) is 13.0. The summed E-state index contributed by atoms with van der Waals surface area (Å²) in [7, 11) is 0. The number of ether oxygens (including phenoxy) is 1. The normalized spacial score (nSPS) is 15.9. The molecule has 2 heterocycles. The number of carbonyl (C=O) groups excluding carboxylic acids is 1. The topological polar surface area (TPSA) is 81.9 Å². The largest absolute Gasteiger partial charge is 0.457 e. The first-order valence-electron chi connectivity index (χ1n) is 8.36. The maximum absolute atomic E-state index is 13.0. The minimum atomic E-state index is -0.491. The third-order valence-corrected chi connectivity index (χ3v) is 5.07. The zero-order chi connectivity index (χ0) is 18.8. The number of anilines is 1. The molecule has 1 aliphatic rings. The van der Waals surface area contributed by atoms with E-state index in [1.165, 1.54) is 0 Å². The Balaban J connectivity index is 1.70. The van der Waals surface area contributed by atoms with Gasteiger partial charge in [-0.3, -0.25) is 0 Å². The Morgan fingerprint density at radius 3 is 2.70 bits per heavy atom. The van der Waals surface area contributed by atoms with E-state index in [0.29, 0.717) is 17.2 Å². The lowest BCUT2D eigenvalue weighted by atomic mass is 9.96. The minimum absolute atomic E-state index is 0.196. The van der Waals surface area contributed by atoms with E-state index in [9.17, 15) is 4.79 Å². The molecular formula is C19H16BrN5O2. The molecule has 0 spiro atoms. The Kier molecular flexibility index (Phi) is 4.72. The number of hydrogen-bond acceptors (Lipinski definition) is 6. The van der Waals surface area contributed by atoms with Crippen LogP contribution in [0, 0.1) is 0 Å². The molecular weight excluding hydrogens is 410 g/mol. The highest BCUT2D eigenvalue weighted by atomic mass is 79.9. The van der Waals surface area contributed by atoms with Crippen molar-refractivity contribution < 1.29 is 9.53 Å². The fourth-order valence-electron chi connectivity index (χ4n) is 3.06. The fourth-order valence-corrected chi connectivity index (χ4v) is 3.56. The highest BCUT2D eigenvalue weighted by molar-refractivity contribution is 9.10. The van der Waals surface area contributed by atoms with Crippen LogP contribution in [0.15, 0.2) is 70.3 Å². The van der Waals surface area contributed by atoms with Crippen molar-refractivity contribution in [1.82, 2.24) is 20.2 Å². The number of nitrogens with one attached hydrogen (secondary N) is 1. The molecule has 3 aromatic rings. The van der Waals surface area contributed by atoms with Crippen LogP contribution in [0.4, 0.5) is 5.95 Å². The molecule has 4 rings (SSSR count). The lowest BCUT2D eigenvalue weighted by Gasteiger charge is -2.28. The van der Waals surface area contributed by atoms with Gasteiger partial charge < -0.3 is 10.1 Å². The van der Waals surface area contributed by atoms with Crippen molar-refractivity contribution in [1.29, 1.82) is 0 Å². The van der Waals surface area contributed by atoms with E-state index >= 15 is 0 Å². The van der Waals surface area contributed by atoms with Crippen LogP contribution in [0.3, 0.4) is 0 Å². The Morgan fingerprint density at radius 1 is 1.19 bits per heavy atom. The average molecular weight is 426 g/mol. The lowest BCUT2D eigenvalue weighted by Crippen LogP contribution is -2.29. The quantitative estimate of drug-likeness (QED) is 0.644. The molecule has 7 nitrogen and oxygen atoms in total. The summed E-state index contributed by atoms with van der Waals surface area (Å²) in [5.41, 5.74) is 2.93. The molecule has 0 radical (unpaired) electrons. The molecule has 0 aliphatic carbocycles. The van der Waals surface area contributed by atoms with E-state index < -0.39 is 12.0 Å². The summed E-state index contributed by atoms with van der Waals surface area (Å²) in [6.45, 7) is 2.02. The highest BCUT2D eigenvalue weighted by Crippen LogP contribution is 2.37. The van der Waals surface area contributed by atoms with Gasteiger partial charge in [-0.05, 0) is 34.5 Å². The summed E-state index contributed by atoms with van der Waals surface area (Å²) in [5, 5.41) is 14.9. The van der Waals surface area contributed by atoms with Gasteiger partial charge in [-0.25, -0.2) is 4.79 Å². The van der Waals surface area contributed by atoms with Crippen molar-refractivity contribution in [2.75, 3.05) is 5.32 Å². The van der Waals surface area contributed by atoms with E-state index in [1.54, 1.807) is 4.68 Å². The van der Waals surface area contributed by atoms with Crippen LogP contribution in [-0.2, 0) is 16.1 Å². The van der Waals surface area contributed by atoms with Crippen molar-refractivity contribution >= 4 is 27.8 Å². The molecule has 0 saturated heterocycles. The lowest BCUT2D eigenvalue weighted by molar-refractivity contribution is -0.140. The number of halogens is 1. The molecule has 0 saturated carbocycles. The number of rotatable bonds is 4. The van der Waals surface area contributed by atoms with Gasteiger partial charge in [0.2, 0.25) is 5.95 Å². The molecule has 0 amide bonds. The Hall–Kier alpha value is -3.00. The molecule has 27 heavy (non-hydrogen) atoms. The first kappa shape index (κ1) is 17.4. The van der Waals surface area contributed by atoms with Gasteiger partial charge in [0.1, 0.15) is 12.6 Å². The van der Waals surface area contributed by atoms with Crippen LogP contribution in [-0.4, -0.2) is 26.2 Å². The summed E-state index contributed by atoms with van der Waals surface area (Å²) in [6, 6.07) is 16.8. The van der Waals surface area contributed by atoms with Gasteiger partial charge in [0.05, 0.1) is 5.57 Å². The van der Waals surface area contributed by atoms with Crippen LogP contribution in [0.1, 0.15) is 24.1 Å². The van der Waals surface area contributed by atoms with Gasteiger partial charge in [-0.2, -0.15) is 4.68 Å². The molecule has 2 aromatic carbocycles. The standard InChI is InChI=1S/C19H16BrN5O2/c1-12-16(18(26)27-11-13-7-3-2-4-8-13)17(14-9-5-6-10-15(14)20)25-19(21-12)22-23-24-25/h2-10,17H,11H2,1H3,(H,21,22,24). The summed E-state index contributed by atoms with van der Waals surface area (Å²) >= 11 is 3.57. The van der Waals surface area contributed by atoms with Crippen molar-refractivity contribution in [3.8, 4) is 0 Å². The number of benzene rings is 2. The summed E-state index contributed by atoms with van der Waals surface area (Å²) in [6.07, 6.45) is 0. The van der Waals surface area contributed by atoms with Gasteiger partial charge >= 0.3 is 5.97 Å². The van der Waals surface area contributed by atoms with Crippen molar-refractivity contribution in [3.05, 3.63) is 81.5 Å². The van der Waals surface area contributed by atoms with E-state index in [4.69, 9.17) is 4.74 Å². The van der Waals surface area contributed by atoms with Crippen molar-refractivity contribution in [2.45, 2.75) is 19.6 Å². The second-order valence-corrected chi connectivity index (χ2v) is 6.95. The second kappa shape index (κ2) is 7.32. The average Bonchev–Trinajstić information content (AvgIpc) is 3.14. The van der Waals surface area contributed by atoms with E-state index in [2.05, 4.69) is 36.8 Å². The highest BCUT2D eigenvalue weighted by Gasteiger charge is 2.35. The number of tetrazole rings is 1. The number of hydrogen-bond donors (Lipinski definition) is 1. The molecule has 8 heteroatoms. The van der Waals surface area contributed by atoms with Gasteiger partial charge in [0, 0.05) is 10.2 Å². The van der Waals surface area contributed by atoms with E-state index in [-0.39, 0.29) is 6.61 Å². The number of fused-ring (bicyclic) bond motifs is 1.